The summed E-state index contributed by atoms with van der Waals surface area (Å²) in [6, 6.07) is 3.92. The average molecular weight is 289 g/mol. The van der Waals surface area contributed by atoms with Gasteiger partial charge in [0.15, 0.2) is 11.5 Å². The van der Waals surface area contributed by atoms with E-state index in [0.717, 1.165) is 28.4 Å². The molecule has 4 rings (SSSR count). The third kappa shape index (κ3) is 1.75. The van der Waals surface area contributed by atoms with Gasteiger partial charge in [0.25, 0.3) is 0 Å². The van der Waals surface area contributed by atoms with Gasteiger partial charge in [0, 0.05) is 18.1 Å². The second kappa shape index (κ2) is 4.34. The maximum atomic E-state index is 5.74. The molecule has 6 heteroatoms. The van der Waals surface area contributed by atoms with E-state index in [4.69, 9.17) is 32.4 Å². The first-order valence-corrected chi connectivity index (χ1v) is 7.21. The predicted molar refractivity (Wildman–Crippen MR) is 79.2 cm³/mol. The summed E-state index contributed by atoms with van der Waals surface area (Å²) >= 11 is 5.08. The smallest absolute Gasteiger partial charge is 0.231 e. The number of nitrogens with zero attached hydrogens (tertiary/aromatic N) is 2. The zero-order valence-electron chi connectivity index (χ0n) is 11.0. The molecule has 2 heterocycles. The number of nitrogens with two attached hydrogens (primary N) is 1. The number of hydrogen-bond acceptors (Lipinski definition) is 4. The van der Waals surface area contributed by atoms with Crippen LogP contribution in [0.1, 0.15) is 31.0 Å². The molecule has 2 aliphatic rings. The summed E-state index contributed by atoms with van der Waals surface area (Å²) in [6.07, 6.45) is 3.64. The Kier molecular flexibility index (Phi) is 2.60. The number of benzene rings is 1. The summed E-state index contributed by atoms with van der Waals surface area (Å²) in [7, 11) is 0. The highest BCUT2D eigenvalue weighted by Gasteiger charge is 2.27. The lowest BCUT2D eigenvalue weighted by molar-refractivity contribution is 0.174. The Morgan fingerprint density at radius 3 is 2.75 bits per heavy atom. The first kappa shape index (κ1) is 12.0. The number of thiocarbonyl (C=S) groups is 1. The van der Waals surface area contributed by atoms with E-state index in [1.165, 1.54) is 19.3 Å². The van der Waals surface area contributed by atoms with Gasteiger partial charge in [-0.3, -0.25) is 0 Å². The van der Waals surface area contributed by atoms with E-state index in [1.807, 2.05) is 12.1 Å². The van der Waals surface area contributed by atoms with Gasteiger partial charge >= 0.3 is 0 Å². The average Bonchev–Trinajstić information content (AvgIpc) is 2.90. The van der Waals surface area contributed by atoms with Crippen molar-refractivity contribution in [3.8, 4) is 11.5 Å². The molecule has 1 aromatic carbocycles. The molecule has 0 saturated heterocycles. The normalized spacial score (nSPS) is 17.4. The standard InChI is InChI=1S/C14H15N3O2S/c15-13(20)6-17-10-5-12-11(18-7-19-12)4-9(10)16-14(17)8-2-1-3-8/h4-5,8H,1-3,6-7H2,(H2,15,20). The summed E-state index contributed by atoms with van der Waals surface area (Å²) in [5, 5.41) is 0. The Balaban J connectivity index is 1.90. The Bertz CT molecular complexity index is 706. The SMILES string of the molecule is NC(=S)Cn1c(C2CCC2)nc2cc3c(cc21)OCO3. The van der Waals surface area contributed by atoms with Crippen molar-refractivity contribution in [3.63, 3.8) is 0 Å². The number of fused-ring (bicyclic) bond motifs is 2. The number of rotatable bonds is 3. The molecule has 2 aromatic rings. The van der Waals surface area contributed by atoms with Gasteiger partial charge in [-0.15, -0.1) is 0 Å². The zero-order chi connectivity index (χ0) is 13.7. The number of ether oxygens (including phenoxy) is 2. The minimum Gasteiger partial charge on any atom is -0.454 e. The van der Waals surface area contributed by atoms with Crippen LogP contribution < -0.4 is 15.2 Å². The van der Waals surface area contributed by atoms with Gasteiger partial charge in [0.2, 0.25) is 6.79 Å². The molecule has 1 aliphatic heterocycles. The Morgan fingerprint density at radius 1 is 1.35 bits per heavy atom. The molecule has 104 valence electrons. The summed E-state index contributed by atoms with van der Waals surface area (Å²) in [6.45, 7) is 0.796. The van der Waals surface area contributed by atoms with Crippen LogP contribution in [0.25, 0.3) is 11.0 Å². The van der Waals surface area contributed by atoms with Crippen molar-refractivity contribution in [1.82, 2.24) is 9.55 Å². The highest BCUT2D eigenvalue weighted by molar-refractivity contribution is 7.80. The summed E-state index contributed by atoms with van der Waals surface area (Å²) in [5.74, 6) is 3.13. The van der Waals surface area contributed by atoms with Gasteiger partial charge in [-0.1, -0.05) is 18.6 Å². The number of imidazole rings is 1. The van der Waals surface area contributed by atoms with E-state index in [2.05, 4.69) is 4.57 Å². The van der Waals surface area contributed by atoms with Crippen LogP contribution in [0.15, 0.2) is 12.1 Å². The van der Waals surface area contributed by atoms with Crippen LogP contribution in [0, 0.1) is 0 Å². The Labute approximate surface area is 121 Å². The van der Waals surface area contributed by atoms with Crippen LogP contribution in [-0.4, -0.2) is 21.3 Å². The lowest BCUT2D eigenvalue weighted by atomic mass is 9.85. The maximum Gasteiger partial charge on any atom is 0.231 e. The van der Waals surface area contributed by atoms with Crippen LogP contribution in [0.2, 0.25) is 0 Å². The molecule has 2 N–H and O–H groups in total. The van der Waals surface area contributed by atoms with Crippen molar-refractivity contribution in [2.45, 2.75) is 31.7 Å². The third-order valence-electron chi connectivity index (χ3n) is 4.06. The molecule has 5 nitrogen and oxygen atoms in total. The van der Waals surface area contributed by atoms with Crippen LogP contribution in [0.5, 0.6) is 11.5 Å². The van der Waals surface area contributed by atoms with E-state index in [9.17, 15) is 0 Å². The second-order valence-corrected chi connectivity index (χ2v) is 5.87. The molecule has 1 aliphatic carbocycles. The van der Waals surface area contributed by atoms with E-state index >= 15 is 0 Å². The van der Waals surface area contributed by atoms with Crippen molar-refractivity contribution in [2.75, 3.05) is 6.79 Å². The van der Waals surface area contributed by atoms with Gasteiger partial charge in [-0.25, -0.2) is 4.98 Å². The number of aromatic nitrogens is 2. The van der Waals surface area contributed by atoms with Crippen molar-refractivity contribution in [2.24, 2.45) is 5.73 Å². The highest BCUT2D eigenvalue weighted by atomic mass is 32.1. The Morgan fingerprint density at radius 2 is 2.10 bits per heavy atom. The Hall–Kier alpha value is -1.82. The van der Waals surface area contributed by atoms with Crippen LogP contribution in [-0.2, 0) is 6.54 Å². The zero-order valence-corrected chi connectivity index (χ0v) is 11.8. The van der Waals surface area contributed by atoms with Gasteiger partial charge in [-0.05, 0) is 12.8 Å². The highest BCUT2D eigenvalue weighted by Crippen LogP contribution is 2.40. The largest absolute Gasteiger partial charge is 0.454 e. The summed E-state index contributed by atoms with van der Waals surface area (Å²) < 4.78 is 13.0. The second-order valence-electron chi connectivity index (χ2n) is 5.34. The number of hydrogen-bond donors (Lipinski definition) is 1. The summed E-state index contributed by atoms with van der Waals surface area (Å²) in [5.41, 5.74) is 7.68. The van der Waals surface area contributed by atoms with Crippen LogP contribution in [0.3, 0.4) is 0 Å². The molecule has 0 bridgehead atoms. The van der Waals surface area contributed by atoms with Crippen molar-refractivity contribution in [1.29, 1.82) is 0 Å². The topological polar surface area (TPSA) is 62.3 Å². The molecule has 20 heavy (non-hydrogen) atoms. The van der Waals surface area contributed by atoms with E-state index in [1.54, 1.807) is 0 Å². The summed E-state index contributed by atoms with van der Waals surface area (Å²) in [4.78, 5) is 5.25. The fourth-order valence-electron chi connectivity index (χ4n) is 2.83. The molecular weight excluding hydrogens is 274 g/mol. The molecule has 0 unspecified atom stereocenters. The van der Waals surface area contributed by atoms with Crippen molar-refractivity contribution in [3.05, 3.63) is 18.0 Å². The monoisotopic (exact) mass is 289 g/mol. The molecule has 0 amide bonds. The van der Waals surface area contributed by atoms with Crippen LogP contribution in [0.4, 0.5) is 0 Å². The quantitative estimate of drug-likeness (QED) is 0.879. The minimum absolute atomic E-state index is 0.271. The van der Waals surface area contributed by atoms with Crippen molar-refractivity contribution < 1.29 is 9.47 Å². The third-order valence-corrected chi connectivity index (χ3v) is 4.19. The lowest BCUT2D eigenvalue weighted by Gasteiger charge is -2.25. The lowest BCUT2D eigenvalue weighted by Crippen LogP contribution is -2.21. The van der Waals surface area contributed by atoms with E-state index in [0.29, 0.717) is 17.5 Å². The van der Waals surface area contributed by atoms with Gasteiger partial charge in [0.05, 0.1) is 22.6 Å². The molecular formula is C14H15N3O2S. The minimum atomic E-state index is 0.271. The molecule has 1 fully saturated rings. The van der Waals surface area contributed by atoms with Crippen molar-refractivity contribution >= 4 is 28.2 Å². The predicted octanol–water partition coefficient (Wildman–Crippen LogP) is 2.32. The van der Waals surface area contributed by atoms with E-state index < -0.39 is 0 Å². The maximum absolute atomic E-state index is 5.74. The molecule has 0 spiro atoms. The molecule has 1 aromatic heterocycles. The fourth-order valence-corrected chi connectivity index (χ4v) is 2.96. The van der Waals surface area contributed by atoms with E-state index in [-0.39, 0.29) is 6.79 Å². The molecule has 0 atom stereocenters. The van der Waals surface area contributed by atoms with Gasteiger partial charge < -0.3 is 19.8 Å². The first-order chi connectivity index (χ1) is 9.72. The van der Waals surface area contributed by atoms with Gasteiger partial charge in [0.1, 0.15) is 5.82 Å². The van der Waals surface area contributed by atoms with Crippen LogP contribution >= 0.6 is 12.2 Å². The molecule has 1 saturated carbocycles. The fraction of sp³-hybridized carbons (Fsp3) is 0.429. The molecule has 0 radical (unpaired) electrons. The first-order valence-electron chi connectivity index (χ1n) is 6.80. The van der Waals surface area contributed by atoms with Gasteiger partial charge in [-0.2, -0.15) is 0 Å².